The number of piperidine rings is 1. The van der Waals surface area contributed by atoms with Crippen LogP contribution in [0, 0.1) is 0 Å². The highest BCUT2D eigenvalue weighted by atomic mass is 35.5. The Kier molecular flexibility index (Phi) is 4.47. The van der Waals surface area contributed by atoms with Gasteiger partial charge in [-0.2, -0.15) is 5.10 Å². The number of H-pyrrole nitrogens is 1. The molecule has 2 fully saturated rings. The molecular formula is C16H21ClN6O. The Morgan fingerprint density at radius 1 is 1.17 bits per heavy atom. The number of hydrogen-bond donors (Lipinski definition) is 2. The molecule has 0 bridgehead atoms. The SMILES string of the molecule is CN1CN(c2ccc(-c3ncn[nH]3)cc2)C2(CCNCC2)C1=O.Cl. The molecular weight excluding hydrogens is 328 g/mol. The number of aromatic amines is 1. The van der Waals surface area contributed by atoms with Gasteiger partial charge in [-0.05, 0) is 50.2 Å². The number of nitrogens with one attached hydrogen (secondary N) is 2. The zero-order valence-electron chi connectivity index (χ0n) is 13.5. The van der Waals surface area contributed by atoms with E-state index in [-0.39, 0.29) is 18.3 Å². The van der Waals surface area contributed by atoms with E-state index in [1.54, 1.807) is 0 Å². The zero-order chi connectivity index (χ0) is 15.9. The summed E-state index contributed by atoms with van der Waals surface area (Å²) in [5.41, 5.74) is 1.67. The van der Waals surface area contributed by atoms with Crippen LogP contribution in [0.2, 0.25) is 0 Å². The standard InChI is InChI=1S/C16H20N6O.ClH/c1-21-11-22(16(15(21)23)6-8-17-9-7-16)13-4-2-12(3-5-13)14-18-10-19-20-14;/h2-5,10,17H,6-9,11H2,1H3,(H,18,19,20);1H. The Morgan fingerprint density at radius 3 is 2.50 bits per heavy atom. The molecule has 3 heterocycles. The lowest BCUT2D eigenvalue weighted by Gasteiger charge is -2.40. The van der Waals surface area contributed by atoms with Crippen molar-refractivity contribution in [2.45, 2.75) is 18.4 Å². The van der Waals surface area contributed by atoms with E-state index in [1.807, 2.05) is 24.1 Å². The third-order valence-electron chi connectivity index (χ3n) is 4.91. The first-order valence-electron chi connectivity index (χ1n) is 7.90. The maximum Gasteiger partial charge on any atom is 0.249 e. The van der Waals surface area contributed by atoms with Crippen LogP contribution in [0.4, 0.5) is 5.69 Å². The number of halogens is 1. The van der Waals surface area contributed by atoms with E-state index >= 15 is 0 Å². The van der Waals surface area contributed by atoms with Crippen LogP contribution in [0.3, 0.4) is 0 Å². The van der Waals surface area contributed by atoms with Gasteiger partial charge in [0.05, 0.1) is 6.67 Å². The van der Waals surface area contributed by atoms with Gasteiger partial charge in [-0.25, -0.2) is 4.98 Å². The van der Waals surface area contributed by atoms with Gasteiger partial charge in [0.2, 0.25) is 5.91 Å². The van der Waals surface area contributed by atoms with E-state index in [9.17, 15) is 4.79 Å². The van der Waals surface area contributed by atoms with Crippen LogP contribution in [0.5, 0.6) is 0 Å². The number of benzene rings is 1. The van der Waals surface area contributed by atoms with E-state index in [0.717, 1.165) is 43.0 Å². The molecule has 1 amide bonds. The van der Waals surface area contributed by atoms with Crippen molar-refractivity contribution in [3.63, 3.8) is 0 Å². The van der Waals surface area contributed by atoms with Crippen LogP contribution >= 0.6 is 12.4 Å². The van der Waals surface area contributed by atoms with Crippen molar-refractivity contribution in [1.29, 1.82) is 0 Å². The highest BCUT2D eigenvalue weighted by molar-refractivity contribution is 5.93. The molecule has 128 valence electrons. The lowest BCUT2D eigenvalue weighted by atomic mass is 9.86. The molecule has 1 spiro atoms. The molecule has 2 aliphatic heterocycles. The highest BCUT2D eigenvalue weighted by Crippen LogP contribution is 2.37. The Hall–Kier alpha value is -2.12. The average molecular weight is 349 g/mol. The molecule has 8 heteroatoms. The van der Waals surface area contributed by atoms with Crippen LogP contribution < -0.4 is 10.2 Å². The lowest BCUT2D eigenvalue weighted by Crippen LogP contribution is -2.55. The molecule has 2 aromatic rings. The molecule has 2 N–H and O–H groups in total. The first-order valence-corrected chi connectivity index (χ1v) is 7.90. The second-order valence-electron chi connectivity index (χ2n) is 6.24. The first kappa shape index (κ1) is 16.7. The fourth-order valence-corrected chi connectivity index (χ4v) is 3.68. The van der Waals surface area contributed by atoms with Crippen LogP contribution in [0.25, 0.3) is 11.4 Å². The Balaban J connectivity index is 0.00000169. The minimum absolute atomic E-state index is 0. The number of aromatic nitrogens is 3. The van der Waals surface area contributed by atoms with Crippen LogP contribution in [0.1, 0.15) is 12.8 Å². The maximum atomic E-state index is 12.8. The molecule has 2 aliphatic rings. The fourth-order valence-electron chi connectivity index (χ4n) is 3.68. The molecule has 0 radical (unpaired) electrons. The maximum absolute atomic E-state index is 12.8. The van der Waals surface area contributed by atoms with E-state index < -0.39 is 5.54 Å². The summed E-state index contributed by atoms with van der Waals surface area (Å²) >= 11 is 0. The number of rotatable bonds is 2. The molecule has 1 aromatic heterocycles. The monoisotopic (exact) mass is 348 g/mol. The Bertz CT molecular complexity index is 696. The highest BCUT2D eigenvalue weighted by Gasteiger charge is 2.51. The molecule has 0 aliphatic carbocycles. The van der Waals surface area contributed by atoms with Gasteiger partial charge in [-0.15, -0.1) is 12.4 Å². The number of carbonyl (C=O) groups is 1. The van der Waals surface area contributed by atoms with Crippen molar-refractivity contribution in [3.05, 3.63) is 30.6 Å². The Labute approximate surface area is 146 Å². The summed E-state index contributed by atoms with van der Waals surface area (Å²) in [5.74, 6) is 0.987. The lowest BCUT2D eigenvalue weighted by molar-refractivity contribution is -0.131. The number of hydrogen-bond acceptors (Lipinski definition) is 5. The van der Waals surface area contributed by atoms with Crippen LogP contribution in [-0.4, -0.2) is 58.3 Å². The second kappa shape index (κ2) is 6.41. The molecule has 7 nitrogen and oxygen atoms in total. The van der Waals surface area contributed by atoms with Crippen molar-refractivity contribution >= 4 is 24.0 Å². The van der Waals surface area contributed by atoms with Gasteiger partial charge >= 0.3 is 0 Å². The number of anilines is 1. The van der Waals surface area contributed by atoms with Crippen molar-refractivity contribution in [2.24, 2.45) is 0 Å². The van der Waals surface area contributed by atoms with Gasteiger partial charge in [0.15, 0.2) is 5.82 Å². The van der Waals surface area contributed by atoms with Crippen LogP contribution in [-0.2, 0) is 4.79 Å². The minimum Gasteiger partial charge on any atom is -0.339 e. The zero-order valence-corrected chi connectivity index (χ0v) is 14.3. The number of carbonyl (C=O) groups excluding carboxylic acids is 1. The van der Waals surface area contributed by atoms with Gasteiger partial charge < -0.3 is 15.1 Å². The van der Waals surface area contributed by atoms with Gasteiger partial charge in [0.1, 0.15) is 11.9 Å². The van der Waals surface area contributed by atoms with Crippen LogP contribution in [0.15, 0.2) is 30.6 Å². The van der Waals surface area contributed by atoms with Gasteiger partial charge in [-0.3, -0.25) is 9.89 Å². The van der Waals surface area contributed by atoms with Gasteiger partial charge in [0, 0.05) is 18.3 Å². The molecule has 0 saturated carbocycles. The predicted molar refractivity (Wildman–Crippen MR) is 94.0 cm³/mol. The summed E-state index contributed by atoms with van der Waals surface area (Å²) in [6.07, 6.45) is 3.20. The summed E-state index contributed by atoms with van der Waals surface area (Å²) in [5, 5.41) is 10.1. The summed E-state index contributed by atoms with van der Waals surface area (Å²) in [6, 6.07) is 8.17. The van der Waals surface area contributed by atoms with Gasteiger partial charge in [0.25, 0.3) is 0 Å². The number of amides is 1. The largest absolute Gasteiger partial charge is 0.339 e. The summed E-state index contributed by atoms with van der Waals surface area (Å²) in [6.45, 7) is 2.40. The van der Waals surface area contributed by atoms with E-state index in [1.165, 1.54) is 6.33 Å². The number of likely N-dealkylation sites (N-methyl/N-ethyl adjacent to an activating group) is 1. The molecule has 24 heavy (non-hydrogen) atoms. The van der Waals surface area contributed by atoms with Crippen molar-refractivity contribution in [1.82, 2.24) is 25.4 Å². The Morgan fingerprint density at radius 2 is 1.88 bits per heavy atom. The quantitative estimate of drug-likeness (QED) is 0.854. The van der Waals surface area contributed by atoms with Crippen molar-refractivity contribution < 1.29 is 4.79 Å². The molecule has 0 unspecified atom stereocenters. The third kappa shape index (κ3) is 2.53. The smallest absolute Gasteiger partial charge is 0.249 e. The molecule has 1 aromatic carbocycles. The summed E-state index contributed by atoms with van der Waals surface area (Å²) < 4.78 is 0. The van der Waals surface area contributed by atoms with Crippen molar-refractivity contribution in [2.75, 3.05) is 31.7 Å². The third-order valence-corrected chi connectivity index (χ3v) is 4.91. The minimum atomic E-state index is -0.395. The van der Waals surface area contributed by atoms with Gasteiger partial charge in [-0.1, -0.05) is 0 Å². The molecule has 4 rings (SSSR count). The predicted octanol–water partition coefficient (Wildman–Crippen LogP) is 1.25. The first-order chi connectivity index (χ1) is 11.2. The van der Waals surface area contributed by atoms with E-state index in [0.29, 0.717) is 6.67 Å². The van der Waals surface area contributed by atoms with E-state index in [2.05, 4.69) is 37.5 Å². The summed E-state index contributed by atoms with van der Waals surface area (Å²) in [7, 11) is 1.88. The topological polar surface area (TPSA) is 77.2 Å². The normalized spacial score (nSPS) is 19.6. The number of nitrogens with zero attached hydrogens (tertiary/aromatic N) is 4. The summed E-state index contributed by atoms with van der Waals surface area (Å²) in [4.78, 5) is 21.0. The average Bonchev–Trinajstić information content (AvgIpc) is 3.20. The van der Waals surface area contributed by atoms with E-state index in [4.69, 9.17) is 0 Å². The molecule has 2 saturated heterocycles. The molecule has 0 atom stereocenters. The fraction of sp³-hybridized carbons (Fsp3) is 0.438. The second-order valence-corrected chi connectivity index (χ2v) is 6.24. The van der Waals surface area contributed by atoms with Crippen molar-refractivity contribution in [3.8, 4) is 11.4 Å².